The number of fused-ring (bicyclic) bond motifs is 3. The minimum absolute atomic E-state index is 0.00645. The highest BCUT2D eigenvalue weighted by Gasteiger charge is 2.69. The van der Waals surface area contributed by atoms with Crippen molar-refractivity contribution in [3.8, 4) is 0 Å². The molecule has 0 N–H and O–H groups in total. The zero-order valence-electron chi connectivity index (χ0n) is 33.2. The molecule has 0 unspecified atom stereocenters. The number of hydrogen-bond donors (Lipinski definition) is 0. The van der Waals surface area contributed by atoms with Crippen LogP contribution in [0.2, 0.25) is 0 Å². The fourth-order valence-electron chi connectivity index (χ4n) is 9.61. The summed E-state index contributed by atoms with van der Waals surface area (Å²) in [5.74, 6) is -2.43. The van der Waals surface area contributed by atoms with Gasteiger partial charge in [-0.3, -0.25) is 38.5 Å². The largest absolute Gasteiger partial charge is 0.332 e. The molecular weight excluding hydrogens is 656 g/mol. The molecule has 3 saturated heterocycles. The van der Waals surface area contributed by atoms with Crippen LogP contribution in [-0.4, -0.2) is 69.8 Å². The van der Waals surface area contributed by atoms with E-state index in [1.165, 1.54) is 4.90 Å². The van der Waals surface area contributed by atoms with E-state index in [0.29, 0.717) is 38.1 Å². The molecule has 0 aromatic heterocycles. The maximum Gasteiger partial charge on any atom is 0.229 e. The number of rotatable bonds is 10. The van der Waals surface area contributed by atoms with Crippen LogP contribution in [-0.2, 0) is 33.6 Å². The second-order valence-corrected chi connectivity index (χ2v) is 19.9. The van der Waals surface area contributed by atoms with Gasteiger partial charge in [-0.2, -0.15) is 0 Å². The zero-order chi connectivity index (χ0) is 38.2. The van der Waals surface area contributed by atoms with Gasteiger partial charge in [0, 0.05) is 63.5 Å². The molecule has 2 saturated carbocycles. The summed E-state index contributed by atoms with van der Waals surface area (Å²) in [4.78, 5) is 98.5. The average Bonchev–Trinajstić information content (AvgIpc) is 3.89. The Bertz CT molecular complexity index is 1400. The topological polar surface area (TPSA) is 126 Å². The molecule has 0 aromatic rings. The van der Waals surface area contributed by atoms with E-state index in [1.807, 2.05) is 34.6 Å². The van der Waals surface area contributed by atoms with Gasteiger partial charge in [-0.25, -0.2) is 0 Å². The lowest BCUT2D eigenvalue weighted by Gasteiger charge is -2.39. The number of hydrogen-bond acceptors (Lipinski definition) is 7. The molecular formula is C43H66N2O7. The van der Waals surface area contributed by atoms with E-state index in [9.17, 15) is 33.6 Å². The molecule has 52 heavy (non-hydrogen) atoms. The van der Waals surface area contributed by atoms with Gasteiger partial charge < -0.3 is 4.90 Å². The quantitative estimate of drug-likeness (QED) is 0.171. The van der Waals surface area contributed by atoms with Crippen LogP contribution in [0.15, 0.2) is 0 Å². The number of nitrogens with zero attached hydrogens (tertiary/aromatic N) is 2. The van der Waals surface area contributed by atoms with Gasteiger partial charge in [0.25, 0.3) is 0 Å². The molecule has 9 nitrogen and oxygen atoms in total. The normalized spacial score (nSPS) is 30.8. The third-order valence-corrected chi connectivity index (χ3v) is 13.5. The molecule has 3 heterocycles. The molecule has 0 spiro atoms. The van der Waals surface area contributed by atoms with E-state index >= 15 is 0 Å². The molecule has 5 fully saturated rings. The van der Waals surface area contributed by atoms with Crippen molar-refractivity contribution in [1.82, 2.24) is 9.80 Å². The summed E-state index contributed by atoms with van der Waals surface area (Å²) in [5, 5.41) is 0. The number of piperidine rings is 2. The van der Waals surface area contributed by atoms with E-state index < -0.39 is 23.7 Å². The van der Waals surface area contributed by atoms with Gasteiger partial charge in [0.05, 0.1) is 6.04 Å². The van der Waals surface area contributed by atoms with E-state index in [-0.39, 0.29) is 101 Å². The Morgan fingerprint density at radius 1 is 0.788 bits per heavy atom. The Hall–Kier alpha value is -2.71. The van der Waals surface area contributed by atoms with Gasteiger partial charge in [-0.15, -0.1) is 0 Å². The molecule has 0 bridgehead atoms. The van der Waals surface area contributed by atoms with E-state index in [0.717, 1.165) is 57.8 Å². The number of carbonyl (C=O) groups excluding carboxylic acids is 7. The van der Waals surface area contributed by atoms with Crippen molar-refractivity contribution in [3.63, 3.8) is 0 Å². The number of ketones is 4. The van der Waals surface area contributed by atoms with Crippen molar-refractivity contribution in [2.75, 3.05) is 13.1 Å². The molecule has 2 aliphatic carbocycles. The van der Waals surface area contributed by atoms with Crippen LogP contribution in [0.25, 0.3) is 0 Å². The number of Topliss-reactive ketones (excluding diaryl/α,β-unsaturated/α-hetero) is 4. The second kappa shape index (κ2) is 15.9. The lowest BCUT2D eigenvalue weighted by Crippen LogP contribution is -2.50. The van der Waals surface area contributed by atoms with E-state index in [4.69, 9.17) is 0 Å². The summed E-state index contributed by atoms with van der Waals surface area (Å²) in [7, 11) is 0. The summed E-state index contributed by atoms with van der Waals surface area (Å²) >= 11 is 0. The van der Waals surface area contributed by atoms with Crippen molar-refractivity contribution in [1.29, 1.82) is 0 Å². The molecule has 0 radical (unpaired) electrons. The average molecular weight is 723 g/mol. The van der Waals surface area contributed by atoms with Gasteiger partial charge in [-0.1, -0.05) is 93.4 Å². The number of likely N-dealkylation sites (tertiary alicyclic amines) is 1. The summed E-state index contributed by atoms with van der Waals surface area (Å²) in [6.45, 7) is 14.9. The van der Waals surface area contributed by atoms with Crippen LogP contribution in [0.4, 0.5) is 0 Å². The van der Waals surface area contributed by atoms with Crippen molar-refractivity contribution >= 4 is 40.9 Å². The zero-order valence-corrected chi connectivity index (χ0v) is 33.2. The van der Waals surface area contributed by atoms with Crippen LogP contribution >= 0.6 is 0 Å². The highest BCUT2D eigenvalue weighted by atomic mass is 16.2. The smallest absolute Gasteiger partial charge is 0.229 e. The monoisotopic (exact) mass is 722 g/mol. The van der Waals surface area contributed by atoms with Gasteiger partial charge >= 0.3 is 0 Å². The van der Waals surface area contributed by atoms with Crippen LogP contribution in [0.3, 0.4) is 0 Å². The number of carbonyl (C=O) groups is 7. The SMILES string of the molecule is CC1(C)CC(=O)N(C[C@@H](CC(=O)C[C@H]2CCCCCCCCC[C@H](C(=O)C(=O)CC3CC3)CC(=O)[C@@H]3[C@@H]4[C@H](CN3C2=O)C4(C)C)C(C)(C)C)C(=O)C1. The van der Waals surface area contributed by atoms with Gasteiger partial charge in [0.15, 0.2) is 11.6 Å². The highest BCUT2D eigenvalue weighted by molar-refractivity contribution is 6.38. The molecule has 3 aliphatic heterocycles. The number of amides is 3. The Morgan fingerprint density at radius 2 is 1.37 bits per heavy atom. The van der Waals surface area contributed by atoms with Crippen LogP contribution in [0.5, 0.6) is 0 Å². The summed E-state index contributed by atoms with van der Waals surface area (Å²) in [6, 6.07) is -0.644. The van der Waals surface area contributed by atoms with E-state index in [1.54, 1.807) is 4.90 Å². The Kier molecular flexibility index (Phi) is 12.4. The van der Waals surface area contributed by atoms with Crippen molar-refractivity contribution in [2.45, 2.75) is 164 Å². The first kappa shape index (κ1) is 40.5. The molecule has 9 heteroatoms. The Labute approximate surface area is 312 Å². The highest BCUT2D eigenvalue weighted by Crippen LogP contribution is 2.65. The first-order chi connectivity index (χ1) is 24.3. The molecule has 0 aromatic carbocycles. The van der Waals surface area contributed by atoms with Crippen molar-refractivity contribution in [2.24, 2.45) is 51.8 Å². The Balaban J connectivity index is 1.33. The van der Waals surface area contributed by atoms with Crippen molar-refractivity contribution < 1.29 is 33.6 Å². The first-order valence-electron chi connectivity index (χ1n) is 20.5. The molecule has 6 atom stereocenters. The maximum atomic E-state index is 14.6. The van der Waals surface area contributed by atoms with Crippen LogP contribution in [0.1, 0.15) is 158 Å². The fraction of sp³-hybridized carbons (Fsp3) is 0.837. The molecule has 5 aliphatic rings. The lowest BCUT2D eigenvalue weighted by molar-refractivity contribution is -0.154. The summed E-state index contributed by atoms with van der Waals surface area (Å²) in [5.41, 5.74) is -0.833. The predicted octanol–water partition coefficient (Wildman–Crippen LogP) is 7.31. The maximum absolute atomic E-state index is 14.6. The predicted molar refractivity (Wildman–Crippen MR) is 199 cm³/mol. The first-order valence-corrected chi connectivity index (χ1v) is 20.5. The molecule has 5 rings (SSSR count). The third kappa shape index (κ3) is 9.68. The van der Waals surface area contributed by atoms with Crippen LogP contribution < -0.4 is 0 Å². The van der Waals surface area contributed by atoms with Gasteiger partial charge in [-0.05, 0) is 65.6 Å². The summed E-state index contributed by atoms with van der Waals surface area (Å²) in [6.07, 6.45) is 10.8. The minimum Gasteiger partial charge on any atom is -0.332 e. The van der Waals surface area contributed by atoms with Gasteiger partial charge in [0.2, 0.25) is 23.5 Å². The fourth-order valence-corrected chi connectivity index (χ4v) is 9.61. The summed E-state index contributed by atoms with van der Waals surface area (Å²) < 4.78 is 0. The molecule has 3 amide bonds. The van der Waals surface area contributed by atoms with Crippen LogP contribution in [0, 0.1) is 51.8 Å². The molecule has 290 valence electrons. The minimum atomic E-state index is -0.644. The van der Waals surface area contributed by atoms with Gasteiger partial charge in [0.1, 0.15) is 5.78 Å². The second-order valence-electron chi connectivity index (χ2n) is 19.9. The number of imide groups is 1. The standard InChI is InChI=1S/C43H66N2O7/c1-41(2,3)30(25-44-35(49)23-42(4,5)24-36(44)50)22-31(46)20-29-16-14-12-10-8-9-11-13-15-28(39(51)34(48)19-27-17-18-27)21-33(47)38-37-32(43(37,6)7)26-45(38)40(29)52/h27-30,32,37-38H,8-26H2,1-7H3/t28-,29+,30+,32-,37-,38+/m0/s1. The van der Waals surface area contributed by atoms with Crippen molar-refractivity contribution in [3.05, 3.63) is 0 Å². The lowest BCUT2D eigenvalue weighted by atomic mass is 9.75. The Morgan fingerprint density at radius 3 is 1.94 bits per heavy atom. The third-order valence-electron chi connectivity index (χ3n) is 13.5. The van der Waals surface area contributed by atoms with E-state index in [2.05, 4.69) is 13.8 Å².